The first kappa shape index (κ1) is 44.9. The van der Waals surface area contributed by atoms with Crippen molar-refractivity contribution in [3.05, 3.63) is 0 Å². The van der Waals surface area contributed by atoms with Gasteiger partial charge in [0.05, 0.1) is 53.4 Å². The molecule has 0 aromatic carbocycles. The van der Waals surface area contributed by atoms with Gasteiger partial charge in [0.15, 0.2) is 12.6 Å². The van der Waals surface area contributed by atoms with Crippen molar-refractivity contribution in [2.45, 2.75) is 179 Å². The van der Waals surface area contributed by atoms with Crippen molar-refractivity contribution >= 4 is 11.7 Å². The van der Waals surface area contributed by atoms with Crippen LogP contribution in [0.25, 0.3) is 0 Å². The van der Waals surface area contributed by atoms with Crippen molar-refractivity contribution in [3.63, 3.8) is 0 Å². The third-order valence-corrected chi connectivity index (χ3v) is 12.0. The van der Waals surface area contributed by atoms with Crippen LogP contribution in [0.3, 0.4) is 0 Å². The molecule has 0 spiro atoms. The topological polar surface area (TPSA) is 209 Å². The Hall–Kier alpha value is -1.50. The first-order valence-electron chi connectivity index (χ1n) is 18.7. The molecule has 15 nitrogen and oxygen atoms in total. The van der Waals surface area contributed by atoms with Crippen LogP contribution in [0, 0.1) is 23.7 Å². The van der Waals surface area contributed by atoms with Gasteiger partial charge in [-0.05, 0) is 74.9 Å². The van der Waals surface area contributed by atoms with E-state index in [0.29, 0.717) is 6.42 Å². The number of methoxy groups -OCH3 is 1. The summed E-state index contributed by atoms with van der Waals surface area (Å²) in [6, 6.07) is -0.322. The fourth-order valence-electron chi connectivity index (χ4n) is 8.61. The van der Waals surface area contributed by atoms with Gasteiger partial charge in [-0.15, -0.1) is 0 Å². The second kappa shape index (κ2) is 17.5. The van der Waals surface area contributed by atoms with Crippen LogP contribution >= 0.6 is 0 Å². The number of carbonyl (C=O) groups excluding carboxylic acids is 1. The Morgan fingerprint density at radius 1 is 0.923 bits per heavy atom. The van der Waals surface area contributed by atoms with Gasteiger partial charge in [0.1, 0.15) is 23.9 Å². The number of oxime groups is 1. The number of carbonyl (C=O) groups is 1. The summed E-state index contributed by atoms with van der Waals surface area (Å²) in [5, 5.41) is 71.8. The van der Waals surface area contributed by atoms with Gasteiger partial charge in [0.25, 0.3) is 0 Å². The maximum Gasteiger partial charge on any atom is 0.311 e. The predicted molar refractivity (Wildman–Crippen MR) is 190 cm³/mol. The molecule has 0 bridgehead atoms. The lowest BCUT2D eigenvalue weighted by molar-refractivity contribution is -0.317. The molecule has 18 atom stereocenters. The minimum Gasteiger partial charge on any atom is -0.459 e. The molecule has 3 saturated heterocycles. The zero-order valence-electron chi connectivity index (χ0n) is 33.4. The Bertz CT molecular complexity index is 1200. The Balaban J connectivity index is 2.21. The Kier molecular flexibility index (Phi) is 15.1. The molecule has 0 unspecified atom stereocenters. The van der Waals surface area contributed by atoms with E-state index in [0.717, 1.165) is 0 Å². The van der Waals surface area contributed by atoms with Gasteiger partial charge >= 0.3 is 5.97 Å². The number of nitrogens with zero attached hydrogens (tertiary/aromatic N) is 2. The summed E-state index contributed by atoms with van der Waals surface area (Å²) in [5.74, 6) is -4.24. The number of esters is 1. The van der Waals surface area contributed by atoms with E-state index in [9.17, 15) is 35.5 Å². The molecule has 0 aromatic rings. The van der Waals surface area contributed by atoms with Gasteiger partial charge in [-0.3, -0.25) is 4.79 Å². The molecule has 6 N–H and O–H groups in total. The lowest BCUT2D eigenvalue weighted by Crippen LogP contribution is -2.61. The molecule has 3 rings (SSSR count). The number of likely N-dealkylation sites (N-methyl/N-ethyl adjacent to an activating group) is 1. The normalized spacial score (nSPS) is 49.8. The summed E-state index contributed by atoms with van der Waals surface area (Å²) in [7, 11) is 5.19. The average Bonchev–Trinajstić information content (AvgIpc) is 3.06. The highest BCUT2D eigenvalue weighted by molar-refractivity contribution is 5.88. The van der Waals surface area contributed by atoms with E-state index < -0.39 is 102 Å². The molecule has 304 valence electrons. The van der Waals surface area contributed by atoms with Gasteiger partial charge in [-0.2, -0.15) is 0 Å². The maximum atomic E-state index is 14.1. The molecule has 0 amide bonds. The summed E-state index contributed by atoms with van der Waals surface area (Å²) < 4.78 is 37.2. The smallest absolute Gasteiger partial charge is 0.311 e. The van der Waals surface area contributed by atoms with E-state index in [2.05, 4.69) is 5.16 Å². The third-order valence-electron chi connectivity index (χ3n) is 12.0. The zero-order valence-corrected chi connectivity index (χ0v) is 33.4. The highest BCUT2D eigenvalue weighted by Gasteiger charge is 2.53. The van der Waals surface area contributed by atoms with Crippen LogP contribution in [-0.2, 0) is 33.2 Å². The summed E-state index contributed by atoms with van der Waals surface area (Å²) >= 11 is 0. The van der Waals surface area contributed by atoms with Gasteiger partial charge in [0, 0.05) is 37.3 Å². The predicted octanol–water partition coefficient (Wildman–Crippen LogP) is 2.05. The number of cyclic esters (lactones) is 1. The van der Waals surface area contributed by atoms with Gasteiger partial charge in [-0.25, -0.2) is 0 Å². The fourth-order valence-corrected chi connectivity index (χ4v) is 8.61. The van der Waals surface area contributed by atoms with Crippen molar-refractivity contribution in [2.24, 2.45) is 28.8 Å². The van der Waals surface area contributed by atoms with Crippen LogP contribution < -0.4 is 0 Å². The number of rotatable bonds is 7. The van der Waals surface area contributed by atoms with E-state index in [1.165, 1.54) is 14.0 Å². The van der Waals surface area contributed by atoms with E-state index in [-0.39, 0.29) is 37.1 Å². The van der Waals surface area contributed by atoms with Gasteiger partial charge in [-0.1, -0.05) is 32.9 Å². The monoisotopic (exact) mass is 748 g/mol. The highest BCUT2D eigenvalue weighted by atomic mass is 16.7. The lowest BCUT2D eigenvalue weighted by atomic mass is 9.73. The third kappa shape index (κ3) is 9.47. The first-order valence-corrected chi connectivity index (χ1v) is 18.7. The van der Waals surface area contributed by atoms with E-state index in [1.54, 1.807) is 55.4 Å². The molecule has 0 aliphatic carbocycles. The van der Waals surface area contributed by atoms with Gasteiger partial charge in [0.2, 0.25) is 0 Å². The molecule has 0 radical (unpaired) electrons. The molecule has 52 heavy (non-hydrogen) atoms. The SMILES string of the molecule is CC[C@H]1OC(=O)[C@H](C)[C@H](O[C@@H]2C[C@](C)(OC)[C@H](O)[C@@H](C)O2)[C@@H](C)[C@H](O[C@H]2O[C@H](C)C[C@H](N(C)C)[C@H]2O)[C@](C)(O)C[C@H](C)/C(=N/O)[C@H](C)[C@@H](O)[C@@]1(C)O. The number of ether oxygens (including phenoxy) is 6. The van der Waals surface area contributed by atoms with Crippen molar-refractivity contribution in [3.8, 4) is 0 Å². The number of aliphatic hydroxyl groups excluding tert-OH is 3. The Morgan fingerprint density at radius 2 is 1.54 bits per heavy atom. The van der Waals surface area contributed by atoms with Crippen LogP contribution in [0.4, 0.5) is 0 Å². The first-order chi connectivity index (χ1) is 24.0. The fraction of sp³-hybridized carbons (Fsp3) is 0.946. The maximum absolute atomic E-state index is 14.1. The van der Waals surface area contributed by atoms with Crippen LogP contribution in [0.1, 0.15) is 94.9 Å². The number of hydrogen-bond donors (Lipinski definition) is 6. The van der Waals surface area contributed by atoms with Crippen molar-refractivity contribution in [1.82, 2.24) is 4.90 Å². The molecular formula is C37H68N2O13. The van der Waals surface area contributed by atoms with Crippen molar-refractivity contribution in [1.29, 1.82) is 0 Å². The summed E-state index contributed by atoms with van der Waals surface area (Å²) in [6.07, 6.45) is -9.51. The van der Waals surface area contributed by atoms with Crippen molar-refractivity contribution in [2.75, 3.05) is 21.2 Å². The van der Waals surface area contributed by atoms with E-state index in [1.807, 2.05) is 25.9 Å². The minimum atomic E-state index is -1.97. The quantitative estimate of drug-likeness (QED) is 0.125. The van der Waals surface area contributed by atoms with Crippen LogP contribution in [0.15, 0.2) is 5.16 Å². The number of aliphatic hydroxyl groups is 5. The van der Waals surface area contributed by atoms with Gasteiger partial charge < -0.3 is 64.1 Å². The molecule has 0 aromatic heterocycles. The average molecular weight is 749 g/mol. The number of hydrogen-bond acceptors (Lipinski definition) is 15. The summed E-state index contributed by atoms with van der Waals surface area (Å²) in [4.78, 5) is 16.0. The minimum absolute atomic E-state index is 0.0657. The summed E-state index contributed by atoms with van der Waals surface area (Å²) in [6.45, 7) is 16.6. The lowest BCUT2D eigenvalue weighted by Gasteiger charge is -2.49. The molecule has 3 heterocycles. The van der Waals surface area contributed by atoms with Crippen LogP contribution in [0.2, 0.25) is 0 Å². The standard InChI is InChI=1S/C37H68N2O13/c1-14-25-37(10,45)30(41)20(4)27(38-46)18(2)16-35(8,44)32(52-34-28(40)24(39(11)12)15-19(3)48-34)21(5)29(22(6)33(43)50-25)51-26-17-36(9,47-13)31(42)23(7)49-26/h18-26,28-32,34,40-42,44-46H,14-17H2,1-13H3/b38-27-/t18-,19+,20-,21+,22+,23+,24-,25+,26+,28+,29+,30+,31+,32-,34+,35+,36-,37-/m0/s1. The Labute approximate surface area is 309 Å². The second-order valence-electron chi connectivity index (χ2n) is 16.6. The molecule has 15 heteroatoms. The molecule has 3 aliphatic rings. The van der Waals surface area contributed by atoms with E-state index >= 15 is 0 Å². The van der Waals surface area contributed by atoms with Crippen LogP contribution in [0.5, 0.6) is 0 Å². The molecule has 3 fully saturated rings. The highest BCUT2D eigenvalue weighted by Crippen LogP contribution is 2.41. The van der Waals surface area contributed by atoms with Crippen molar-refractivity contribution < 1.29 is 64.0 Å². The molecular weight excluding hydrogens is 680 g/mol. The molecule has 3 aliphatic heterocycles. The molecule has 0 saturated carbocycles. The second-order valence-corrected chi connectivity index (χ2v) is 16.6. The Morgan fingerprint density at radius 3 is 2.08 bits per heavy atom. The van der Waals surface area contributed by atoms with Crippen LogP contribution in [-0.4, -0.2) is 153 Å². The summed E-state index contributed by atoms with van der Waals surface area (Å²) in [5.41, 5.74) is -4.68. The largest absolute Gasteiger partial charge is 0.459 e. The zero-order chi connectivity index (χ0) is 39.7. The van der Waals surface area contributed by atoms with E-state index in [4.69, 9.17) is 28.4 Å².